The molecule has 148 valence electrons. The van der Waals surface area contributed by atoms with Gasteiger partial charge in [0, 0.05) is 16.4 Å². The van der Waals surface area contributed by atoms with Gasteiger partial charge >= 0.3 is 5.97 Å². The lowest BCUT2D eigenvalue weighted by Gasteiger charge is -2.19. The van der Waals surface area contributed by atoms with Crippen LogP contribution in [0, 0.1) is 0 Å². The molecule has 0 bridgehead atoms. The molecule has 2 aromatic heterocycles. The first kappa shape index (κ1) is 19.0. The third kappa shape index (κ3) is 3.54. The van der Waals surface area contributed by atoms with E-state index < -0.39 is 11.6 Å². The molecule has 29 heavy (non-hydrogen) atoms. The van der Waals surface area contributed by atoms with Gasteiger partial charge < -0.3 is 19.8 Å². The maximum atomic E-state index is 13.1. The second kappa shape index (κ2) is 6.90. The summed E-state index contributed by atoms with van der Waals surface area (Å²) in [6, 6.07) is 14.5. The fourth-order valence-electron chi connectivity index (χ4n) is 3.41. The number of aliphatic hydroxyl groups is 1. The van der Waals surface area contributed by atoms with Crippen LogP contribution in [0.2, 0.25) is 0 Å². The molecule has 0 aliphatic rings. The van der Waals surface area contributed by atoms with Crippen LogP contribution >= 0.6 is 0 Å². The summed E-state index contributed by atoms with van der Waals surface area (Å²) < 4.78 is 5.62. The van der Waals surface area contributed by atoms with Crippen molar-refractivity contribution in [2.24, 2.45) is 0 Å². The summed E-state index contributed by atoms with van der Waals surface area (Å²) in [6.07, 6.45) is 0. The van der Waals surface area contributed by atoms with Crippen molar-refractivity contribution < 1.29 is 14.6 Å². The number of carbonyl (C=O) groups excluding carboxylic acids is 1. The number of para-hydroxylation sites is 1. The number of hydrogen-bond acceptors (Lipinski definition) is 4. The number of aromatic amines is 2. The van der Waals surface area contributed by atoms with Crippen LogP contribution in [-0.2, 0) is 11.3 Å². The third-order valence-corrected chi connectivity index (χ3v) is 4.67. The maximum absolute atomic E-state index is 13.1. The molecule has 0 saturated heterocycles. The van der Waals surface area contributed by atoms with Crippen molar-refractivity contribution in [3.63, 3.8) is 0 Å². The number of benzene rings is 2. The maximum Gasteiger partial charge on any atom is 0.341 e. The number of carbonyl (C=O) groups is 1. The number of hydrogen-bond donors (Lipinski definition) is 3. The highest BCUT2D eigenvalue weighted by atomic mass is 16.6. The van der Waals surface area contributed by atoms with Gasteiger partial charge in [0.1, 0.15) is 5.60 Å². The van der Waals surface area contributed by atoms with Gasteiger partial charge in [-0.1, -0.05) is 24.3 Å². The minimum atomic E-state index is -0.692. The molecule has 2 aromatic carbocycles. The zero-order chi connectivity index (χ0) is 20.8. The van der Waals surface area contributed by atoms with Crippen molar-refractivity contribution in [3.05, 3.63) is 70.0 Å². The lowest BCUT2D eigenvalue weighted by atomic mass is 10.0. The Labute approximate surface area is 167 Å². The minimum absolute atomic E-state index is 0.152. The van der Waals surface area contributed by atoms with Gasteiger partial charge in [-0.25, -0.2) is 4.79 Å². The summed E-state index contributed by atoms with van der Waals surface area (Å²) >= 11 is 0. The van der Waals surface area contributed by atoms with Crippen molar-refractivity contribution in [2.75, 3.05) is 0 Å². The summed E-state index contributed by atoms with van der Waals surface area (Å²) in [5, 5.41) is 11.0. The third-order valence-electron chi connectivity index (χ3n) is 4.67. The molecule has 0 amide bonds. The first-order valence-corrected chi connectivity index (χ1v) is 9.38. The van der Waals surface area contributed by atoms with Crippen LogP contribution in [0.4, 0.5) is 0 Å². The number of nitrogens with one attached hydrogen (secondary N) is 2. The van der Waals surface area contributed by atoms with Gasteiger partial charge in [-0.3, -0.25) is 4.79 Å². The molecule has 0 atom stereocenters. The quantitative estimate of drug-likeness (QED) is 0.459. The van der Waals surface area contributed by atoms with E-state index in [1.165, 1.54) is 0 Å². The lowest BCUT2D eigenvalue weighted by molar-refractivity contribution is 0.00728. The van der Waals surface area contributed by atoms with Crippen molar-refractivity contribution in [1.82, 2.24) is 9.97 Å². The number of aromatic nitrogens is 2. The monoisotopic (exact) mass is 390 g/mol. The Balaban J connectivity index is 2.01. The topological polar surface area (TPSA) is 95.2 Å². The number of H-pyrrole nitrogens is 2. The van der Waals surface area contributed by atoms with Crippen LogP contribution in [-0.4, -0.2) is 26.6 Å². The van der Waals surface area contributed by atoms with Gasteiger partial charge in [0.25, 0.3) is 5.56 Å². The number of rotatable bonds is 3. The van der Waals surface area contributed by atoms with Crippen LogP contribution < -0.4 is 5.56 Å². The minimum Gasteiger partial charge on any atom is -0.456 e. The molecule has 4 rings (SSSR count). The number of pyridine rings is 1. The fraction of sp³-hybridized carbons (Fsp3) is 0.217. The number of fused-ring (bicyclic) bond motifs is 2. The van der Waals surface area contributed by atoms with Gasteiger partial charge in [-0.15, -0.1) is 0 Å². The van der Waals surface area contributed by atoms with E-state index >= 15 is 0 Å². The van der Waals surface area contributed by atoms with Crippen LogP contribution in [0.5, 0.6) is 0 Å². The molecule has 3 N–H and O–H groups in total. The first-order chi connectivity index (χ1) is 13.8. The molecule has 0 aliphatic carbocycles. The van der Waals surface area contributed by atoms with Crippen LogP contribution in [0.15, 0.2) is 53.3 Å². The number of esters is 1. The Morgan fingerprint density at radius 1 is 1.03 bits per heavy atom. The Morgan fingerprint density at radius 2 is 1.79 bits per heavy atom. The Kier molecular flexibility index (Phi) is 4.51. The number of ether oxygens (including phenoxy) is 1. The summed E-state index contributed by atoms with van der Waals surface area (Å²) in [6.45, 7) is 5.23. The highest BCUT2D eigenvalue weighted by Gasteiger charge is 2.26. The second-order valence-corrected chi connectivity index (χ2v) is 8.01. The van der Waals surface area contributed by atoms with Gasteiger partial charge in [0.05, 0.1) is 23.4 Å². The van der Waals surface area contributed by atoms with E-state index in [1.807, 2.05) is 24.3 Å². The largest absolute Gasteiger partial charge is 0.456 e. The molecule has 0 unspecified atom stereocenters. The van der Waals surface area contributed by atoms with E-state index in [4.69, 9.17) is 4.74 Å². The van der Waals surface area contributed by atoms with Crippen molar-refractivity contribution >= 4 is 27.8 Å². The van der Waals surface area contributed by atoms with Crippen LogP contribution in [0.3, 0.4) is 0 Å². The molecule has 2 heterocycles. The molecule has 0 spiro atoms. The lowest BCUT2D eigenvalue weighted by Crippen LogP contribution is -2.24. The first-order valence-electron chi connectivity index (χ1n) is 9.38. The Morgan fingerprint density at radius 3 is 2.52 bits per heavy atom. The predicted octanol–water partition coefficient (Wildman–Crippen LogP) is 4.12. The molecule has 0 saturated carbocycles. The van der Waals surface area contributed by atoms with Gasteiger partial charge in [-0.05, 0) is 56.0 Å². The number of aliphatic hydroxyl groups excluding tert-OH is 1. The van der Waals surface area contributed by atoms with E-state index in [1.54, 1.807) is 45.0 Å². The average Bonchev–Trinajstić information content (AvgIpc) is 3.04. The van der Waals surface area contributed by atoms with E-state index in [0.29, 0.717) is 27.7 Å². The molecule has 0 radical (unpaired) electrons. The van der Waals surface area contributed by atoms with Crippen LogP contribution in [0.25, 0.3) is 33.1 Å². The van der Waals surface area contributed by atoms with E-state index in [-0.39, 0.29) is 17.7 Å². The molecule has 0 fully saturated rings. The van der Waals surface area contributed by atoms with Crippen molar-refractivity contribution in [1.29, 1.82) is 0 Å². The highest BCUT2D eigenvalue weighted by molar-refractivity contribution is 6.10. The summed E-state index contributed by atoms with van der Waals surface area (Å²) in [5.41, 5.74) is 2.11. The van der Waals surface area contributed by atoms with Gasteiger partial charge in [-0.2, -0.15) is 0 Å². The smallest absolute Gasteiger partial charge is 0.341 e. The van der Waals surface area contributed by atoms with E-state index in [2.05, 4.69) is 9.97 Å². The SMILES string of the molecule is CC(C)(C)OC(=O)c1c(-c2cc3ccccc3[nH]c2=O)[nH]c2ccc(CO)cc12. The standard InChI is InChI=1S/C23H22N2O4/c1-23(2,3)29-22(28)19-15-10-13(12-26)8-9-18(15)24-20(19)16-11-14-6-4-5-7-17(14)25-21(16)27/h4-11,24,26H,12H2,1-3H3,(H,25,27). The van der Waals surface area contributed by atoms with Crippen molar-refractivity contribution in [2.45, 2.75) is 33.0 Å². The molecule has 0 aliphatic heterocycles. The summed E-state index contributed by atoms with van der Waals surface area (Å²) in [4.78, 5) is 32.0. The molecular formula is C23H22N2O4. The Bertz CT molecular complexity index is 1290. The second-order valence-electron chi connectivity index (χ2n) is 8.01. The van der Waals surface area contributed by atoms with Crippen molar-refractivity contribution in [3.8, 4) is 11.3 Å². The predicted molar refractivity (Wildman–Crippen MR) is 113 cm³/mol. The van der Waals surface area contributed by atoms with E-state index in [0.717, 1.165) is 10.9 Å². The zero-order valence-electron chi connectivity index (χ0n) is 16.5. The normalized spacial score (nSPS) is 11.9. The highest BCUT2D eigenvalue weighted by Crippen LogP contribution is 2.32. The van der Waals surface area contributed by atoms with Crippen LogP contribution in [0.1, 0.15) is 36.7 Å². The zero-order valence-corrected chi connectivity index (χ0v) is 16.5. The average molecular weight is 390 g/mol. The van der Waals surface area contributed by atoms with E-state index in [9.17, 15) is 14.7 Å². The van der Waals surface area contributed by atoms with Gasteiger partial charge in [0.2, 0.25) is 0 Å². The summed E-state index contributed by atoms with van der Waals surface area (Å²) in [7, 11) is 0. The van der Waals surface area contributed by atoms with Gasteiger partial charge in [0.15, 0.2) is 0 Å². The molecular weight excluding hydrogens is 368 g/mol. The molecule has 4 aromatic rings. The fourth-order valence-corrected chi connectivity index (χ4v) is 3.41. The summed E-state index contributed by atoms with van der Waals surface area (Å²) in [5.74, 6) is -0.526. The molecule has 6 heteroatoms. The Hall–Kier alpha value is -3.38. The molecule has 6 nitrogen and oxygen atoms in total.